The minimum Gasteiger partial charge on any atom is -0.491 e. The van der Waals surface area contributed by atoms with Crippen molar-refractivity contribution in [1.82, 2.24) is 0 Å². The SMILES string of the molecule is CC(C)COCCOc1ccccc1C(C)C. The molecule has 0 aliphatic carbocycles. The van der Waals surface area contributed by atoms with Crippen molar-refractivity contribution in [2.75, 3.05) is 19.8 Å². The van der Waals surface area contributed by atoms with Crippen LogP contribution in [-0.4, -0.2) is 19.8 Å². The van der Waals surface area contributed by atoms with E-state index in [0.29, 0.717) is 25.0 Å². The Morgan fingerprint density at radius 2 is 1.71 bits per heavy atom. The number of hydrogen-bond donors (Lipinski definition) is 0. The Balaban J connectivity index is 2.36. The van der Waals surface area contributed by atoms with Crippen LogP contribution < -0.4 is 4.74 Å². The molecule has 17 heavy (non-hydrogen) atoms. The third-order valence-corrected chi connectivity index (χ3v) is 2.48. The lowest BCUT2D eigenvalue weighted by Crippen LogP contribution is -2.11. The van der Waals surface area contributed by atoms with Gasteiger partial charge in [0.15, 0.2) is 0 Å². The van der Waals surface area contributed by atoms with Gasteiger partial charge in [0.2, 0.25) is 0 Å². The van der Waals surface area contributed by atoms with Crippen LogP contribution in [0.4, 0.5) is 0 Å². The maximum atomic E-state index is 5.76. The number of ether oxygens (including phenoxy) is 2. The molecule has 0 aromatic heterocycles. The maximum Gasteiger partial charge on any atom is 0.122 e. The molecule has 0 saturated heterocycles. The van der Waals surface area contributed by atoms with E-state index in [-0.39, 0.29) is 0 Å². The Morgan fingerprint density at radius 3 is 2.35 bits per heavy atom. The zero-order chi connectivity index (χ0) is 12.7. The van der Waals surface area contributed by atoms with E-state index in [2.05, 4.69) is 39.8 Å². The number of benzene rings is 1. The van der Waals surface area contributed by atoms with Crippen LogP contribution in [0.2, 0.25) is 0 Å². The van der Waals surface area contributed by atoms with E-state index < -0.39 is 0 Å². The van der Waals surface area contributed by atoms with Crippen molar-refractivity contribution < 1.29 is 9.47 Å². The fourth-order valence-corrected chi connectivity index (χ4v) is 1.62. The summed E-state index contributed by atoms with van der Waals surface area (Å²) in [6.45, 7) is 10.7. The fourth-order valence-electron chi connectivity index (χ4n) is 1.62. The molecule has 2 nitrogen and oxygen atoms in total. The average Bonchev–Trinajstić information content (AvgIpc) is 2.28. The third kappa shape index (κ3) is 5.22. The van der Waals surface area contributed by atoms with Crippen molar-refractivity contribution in [3.63, 3.8) is 0 Å². The predicted octanol–water partition coefficient (Wildman–Crippen LogP) is 3.86. The number of rotatable bonds is 7. The van der Waals surface area contributed by atoms with E-state index in [1.807, 2.05) is 12.1 Å². The molecule has 2 heteroatoms. The largest absolute Gasteiger partial charge is 0.491 e. The van der Waals surface area contributed by atoms with E-state index in [1.54, 1.807) is 0 Å². The molecule has 0 heterocycles. The van der Waals surface area contributed by atoms with E-state index in [9.17, 15) is 0 Å². The molecule has 1 aromatic rings. The molecule has 1 aromatic carbocycles. The van der Waals surface area contributed by atoms with Gasteiger partial charge in [-0.1, -0.05) is 45.9 Å². The van der Waals surface area contributed by atoms with Crippen molar-refractivity contribution in [3.05, 3.63) is 29.8 Å². The van der Waals surface area contributed by atoms with Gasteiger partial charge in [-0.05, 0) is 23.5 Å². The average molecular weight is 236 g/mol. The van der Waals surface area contributed by atoms with Gasteiger partial charge in [0, 0.05) is 6.61 Å². The molecule has 96 valence electrons. The van der Waals surface area contributed by atoms with Crippen LogP contribution in [0.5, 0.6) is 5.75 Å². The molecule has 0 unspecified atom stereocenters. The lowest BCUT2D eigenvalue weighted by molar-refractivity contribution is 0.0815. The van der Waals surface area contributed by atoms with E-state index in [1.165, 1.54) is 5.56 Å². The van der Waals surface area contributed by atoms with Crippen LogP contribution >= 0.6 is 0 Å². The van der Waals surface area contributed by atoms with E-state index in [4.69, 9.17) is 9.47 Å². The summed E-state index contributed by atoms with van der Waals surface area (Å²) in [6.07, 6.45) is 0. The molecule has 1 rings (SSSR count). The fraction of sp³-hybridized carbons (Fsp3) is 0.600. The van der Waals surface area contributed by atoms with Gasteiger partial charge < -0.3 is 9.47 Å². The van der Waals surface area contributed by atoms with Crippen molar-refractivity contribution in [2.24, 2.45) is 5.92 Å². The summed E-state index contributed by atoms with van der Waals surface area (Å²) in [6, 6.07) is 8.21. The van der Waals surface area contributed by atoms with Crippen LogP contribution in [-0.2, 0) is 4.74 Å². The second-order valence-corrected chi connectivity index (χ2v) is 5.01. The molecular formula is C15H24O2. The van der Waals surface area contributed by atoms with Crippen molar-refractivity contribution in [1.29, 1.82) is 0 Å². The lowest BCUT2D eigenvalue weighted by atomic mass is 10.0. The Hall–Kier alpha value is -1.02. The molecule has 0 saturated carbocycles. The number of hydrogen-bond acceptors (Lipinski definition) is 2. The van der Waals surface area contributed by atoms with Crippen LogP contribution in [0, 0.1) is 5.92 Å². The molecule has 0 amide bonds. The highest BCUT2D eigenvalue weighted by Gasteiger charge is 2.06. The first-order valence-electron chi connectivity index (χ1n) is 6.40. The summed E-state index contributed by atoms with van der Waals surface area (Å²) in [4.78, 5) is 0. The van der Waals surface area contributed by atoms with Gasteiger partial charge in [-0.3, -0.25) is 0 Å². The van der Waals surface area contributed by atoms with Crippen molar-refractivity contribution >= 4 is 0 Å². The summed E-state index contributed by atoms with van der Waals surface area (Å²) in [7, 11) is 0. The smallest absolute Gasteiger partial charge is 0.122 e. The summed E-state index contributed by atoms with van der Waals surface area (Å²) >= 11 is 0. The maximum absolute atomic E-state index is 5.76. The summed E-state index contributed by atoms with van der Waals surface area (Å²) in [5, 5.41) is 0. The topological polar surface area (TPSA) is 18.5 Å². The highest BCUT2D eigenvalue weighted by molar-refractivity contribution is 5.35. The minimum absolute atomic E-state index is 0.489. The van der Waals surface area contributed by atoms with Gasteiger partial charge in [-0.2, -0.15) is 0 Å². The quantitative estimate of drug-likeness (QED) is 0.669. The van der Waals surface area contributed by atoms with Crippen LogP contribution in [0.3, 0.4) is 0 Å². The van der Waals surface area contributed by atoms with Gasteiger partial charge in [-0.15, -0.1) is 0 Å². The number of para-hydroxylation sites is 1. The van der Waals surface area contributed by atoms with Gasteiger partial charge in [0.25, 0.3) is 0 Å². The minimum atomic E-state index is 0.489. The van der Waals surface area contributed by atoms with E-state index >= 15 is 0 Å². The lowest BCUT2D eigenvalue weighted by Gasteiger charge is -2.14. The van der Waals surface area contributed by atoms with Gasteiger partial charge in [0.05, 0.1) is 6.61 Å². The van der Waals surface area contributed by atoms with Crippen molar-refractivity contribution in [2.45, 2.75) is 33.6 Å². The van der Waals surface area contributed by atoms with Crippen LogP contribution in [0.25, 0.3) is 0 Å². The summed E-state index contributed by atoms with van der Waals surface area (Å²) in [5.41, 5.74) is 1.26. The molecule has 0 bridgehead atoms. The van der Waals surface area contributed by atoms with Gasteiger partial charge in [-0.25, -0.2) is 0 Å². The van der Waals surface area contributed by atoms with Gasteiger partial charge in [0.1, 0.15) is 12.4 Å². The Morgan fingerprint density at radius 1 is 1.00 bits per heavy atom. The summed E-state index contributed by atoms with van der Waals surface area (Å²) < 4.78 is 11.2. The standard InChI is InChI=1S/C15H24O2/c1-12(2)11-16-9-10-17-15-8-6-5-7-14(15)13(3)4/h5-8,12-13H,9-11H2,1-4H3. The van der Waals surface area contributed by atoms with Crippen molar-refractivity contribution in [3.8, 4) is 5.75 Å². The van der Waals surface area contributed by atoms with Crippen LogP contribution in [0.1, 0.15) is 39.2 Å². The Bertz CT molecular complexity index is 318. The van der Waals surface area contributed by atoms with Gasteiger partial charge >= 0.3 is 0 Å². The molecular weight excluding hydrogens is 212 g/mol. The first-order valence-corrected chi connectivity index (χ1v) is 6.40. The highest BCUT2D eigenvalue weighted by Crippen LogP contribution is 2.25. The first-order chi connectivity index (χ1) is 8.11. The second kappa shape index (κ2) is 7.33. The molecule has 0 N–H and O–H groups in total. The molecule has 0 fully saturated rings. The first kappa shape index (κ1) is 14.0. The van der Waals surface area contributed by atoms with Crippen LogP contribution in [0.15, 0.2) is 24.3 Å². The van der Waals surface area contributed by atoms with E-state index in [0.717, 1.165) is 12.4 Å². The third-order valence-electron chi connectivity index (χ3n) is 2.48. The molecule has 0 radical (unpaired) electrons. The zero-order valence-corrected chi connectivity index (χ0v) is 11.4. The molecule has 0 aliphatic rings. The molecule has 0 spiro atoms. The second-order valence-electron chi connectivity index (χ2n) is 5.01. The molecule has 0 aliphatic heterocycles. The normalized spacial score (nSPS) is 11.2. The Kier molecular flexibility index (Phi) is 6.06. The molecule has 0 atom stereocenters. The predicted molar refractivity (Wildman–Crippen MR) is 71.7 cm³/mol. The summed E-state index contributed by atoms with van der Waals surface area (Å²) in [5.74, 6) is 2.05. The monoisotopic (exact) mass is 236 g/mol. The zero-order valence-electron chi connectivity index (χ0n) is 11.4. The Labute approximate surface area is 105 Å². The highest BCUT2D eigenvalue weighted by atomic mass is 16.5.